The zero-order valence-electron chi connectivity index (χ0n) is 32.1. The highest BCUT2D eigenvalue weighted by Gasteiger charge is 2.20. The lowest BCUT2D eigenvalue weighted by molar-refractivity contribution is 0.0793. The normalized spacial score (nSPS) is 10.8. The van der Waals surface area contributed by atoms with Gasteiger partial charge in [-0.1, -0.05) is 60.1 Å². The second-order valence-electron chi connectivity index (χ2n) is 14.1. The molecule has 3 amide bonds. The van der Waals surface area contributed by atoms with Crippen LogP contribution in [0.2, 0.25) is 5.02 Å². The molecule has 0 radical (unpaired) electrons. The molecule has 9 nitrogen and oxygen atoms in total. The van der Waals surface area contributed by atoms with E-state index in [9.17, 15) is 14.4 Å². The number of carbonyl (C=O) groups excluding carboxylic acids is 3. The van der Waals surface area contributed by atoms with Crippen molar-refractivity contribution in [1.82, 2.24) is 15.1 Å². The number of halogens is 1. The lowest BCUT2D eigenvalue weighted by Crippen LogP contribution is -2.28. The van der Waals surface area contributed by atoms with E-state index in [1.165, 1.54) is 5.56 Å². The number of benzene rings is 3. The maximum absolute atomic E-state index is 12.4. The van der Waals surface area contributed by atoms with Crippen molar-refractivity contribution >= 4 is 46.4 Å². The summed E-state index contributed by atoms with van der Waals surface area (Å²) in [6.45, 7) is 15.8. The van der Waals surface area contributed by atoms with Gasteiger partial charge in [-0.2, -0.15) is 0 Å². The Labute approximate surface area is 300 Å². The number of hydrogen-bond donors (Lipinski definition) is 4. The first-order valence-corrected chi connectivity index (χ1v) is 16.9. The summed E-state index contributed by atoms with van der Waals surface area (Å²) in [6, 6.07) is 17.1. The quantitative estimate of drug-likeness (QED) is 0.191. The molecular formula is C39H59ClN6O3. The summed E-state index contributed by atoms with van der Waals surface area (Å²) in [6.07, 6.45) is 0.972. The van der Waals surface area contributed by atoms with E-state index < -0.39 is 0 Å². The number of carbonyl (C=O) groups is 3. The molecule has 3 aromatic carbocycles. The van der Waals surface area contributed by atoms with Crippen LogP contribution in [0, 0.1) is 0 Å². The van der Waals surface area contributed by atoms with Crippen LogP contribution in [-0.2, 0) is 10.8 Å². The maximum Gasteiger partial charge on any atom is 0.253 e. The van der Waals surface area contributed by atoms with Gasteiger partial charge in [0, 0.05) is 94.7 Å². The SMILES string of the molecule is CCCN(C)C(=O)c1cc(NC)cc(C(C)(C)C)c1.CNC(=O)c1cc(Cl)cc(NC)c1.CNc1cc(C(=O)N(C)C)cc(C(C)(C)C)c1. The van der Waals surface area contributed by atoms with Crippen molar-refractivity contribution in [2.24, 2.45) is 0 Å². The van der Waals surface area contributed by atoms with Crippen molar-refractivity contribution < 1.29 is 14.4 Å². The molecule has 0 aromatic heterocycles. The van der Waals surface area contributed by atoms with Gasteiger partial charge >= 0.3 is 0 Å². The van der Waals surface area contributed by atoms with E-state index in [1.807, 2.05) is 45.4 Å². The zero-order valence-corrected chi connectivity index (χ0v) is 32.9. The minimum atomic E-state index is -0.140. The van der Waals surface area contributed by atoms with Gasteiger partial charge in [-0.15, -0.1) is 0 Å². The molecule has 0 saturated carbocycles. The van der Waals surface area contributed by atoms with Crippen LogP contribution in [0.5, 0.6) is 0 Å². The van der Waals surface area contributed by atoms with Crippen LogP contribution in [-0.4, -0.2) is 83.4 Å². The predicted octanol–water partition coefficient (Wildman–Crippen LogP) is 7.98. The van der Waals surface area contributed by atoms with Gasteiger partial charge in [-0.25, -0.2) is 0 Å². The van der Waals surface area contributed by atoms with Gasteiger partial charge in [0.25, 0.3) is 17.7 Å². The van der Waals surface area contributed by atoms with Gasteiger partial charge in [-0.3, -0.25) is 14.4 Å². The van der Waals surface area contributed by atoms with Crippen molar-refractivity contribution in [1.29, 1.82) is 0 Å². The smallest absolute Gasteiger partial charge is 0.253 e. The summed E-state index contributed by atoms with van der Waals surface area (Å²) < 4.78 is 0. The van der Waals surface area contributed by atoms with Crippen molar-refractivity contribution in [2.75, 3.05) is 71.8 Å². The summed E-state index contributed by atoms with van der Waals surface area (Å²) in [5, 5.41) is 12.2. The second kappa shape index (κ2) is 19.1. The Hall–Kier alpha value is -4.24. The fourth-order valence-electron chi connectivity index (χ4n) is 4.58. The van der Waals surface area contributed by atoms with Crippen LogP contribution < -0.4 is 21.3 Å². The third-order valence-corrected chi connectivity index (χ3v) is 7.88. The van der Waals surface area contributed by atoms with Crippen molar-refractivity contribution in [2.45, 2.75) is 65.7 Å². The van der Waals surface area contributed by atoms with Gasteiger partial charge < -0.3 is 31.1 Å². The topological polar surface area (TPSA) is 106 Å². The van der Waals surface area contributed by atoms with Crippen LogP contribution in [0.1, 0.15) is 97.1 Å². The molecule has 0 saturated heterocycles. The number of rotatable bonds is 8. The molecular weight excluding hydrogens is 636 g/mol. The second-order valence-corrected chi connectivity index (χ2v) is 14.5. The fraction of sp³-hybridized carbons (Fsp3) is 0.462. The average molecular weight is 695 g/mol. The number of hydrogen-bond acceptors (Lipinski definition) is 6. The molecule has 0 fully saturated rings. The molecule has 3 rings (SSSR count). The van der Waals surface area contributed by atoms with Gasteiger partial charge in [0.2, 0.25) is 0 Å². The Morgan fingerprint density at radius 3 is 1.39 bits per heavy atom. The molecule has 49 heavy (non-hydrogen) atoms. The number of anilines is 3. The maximum atomic E-state index is 12.4. The van der Waals surface area contributed by atoms with Crippen LogP contribution in [0.3, 0.4) is 0 Å². The lowest BCUT2D eigenvalue weighted by Gasteiger charge is -2.23. The van der Waals surface area contributed by atoms with Crippen LogP contribution >= 0.6 is 11.6 Å². The van der Waals surface area contributed by atoms with E-state index in [0.29, 0.717) is 10.6 Å². The van der Waals surface area contributed by atoms with E-state index in [-0.39, 0.29) is 28.6 Å². The van der Waals surface area contributed by atoms with Gasteiger partial charge in [0.15, 0.2) is 0 Å². The zero-order chi connectivity index (χ0) is 37.7. The molecule has 10 heteroatoms. The first-order chi connectivity index (χ1) is 22.7. The van der Waals surface area contributed by atoms with E-state index in [1.54, 1.807) is 56.2 Å². The molecule has 0 heterocycles. The molecule has 0 atom stereocenters. The lowest BCUT2D eigenvalue weighted by atomic mass is 9.85. The number of nitrogens with zero attached hydrogens (tertiary/aromatic N) is 2. The summed E-state index contributed by atoms with van der Waals surface area (Å²) >= 11 is 5.81. The Kier molecular flexibility index (Phi) is 16.7. The van der Waals surface area contributed by atoms with Crippen molar-refractivity contribution in [3.05, 3.63) is 87.4 Å². The molecule has 0 aliphatic heterocycles. The molecule has 4 N–H and O–H groups in total. The summed E-state index contributed by atoms with van der Waals surface area (Å²) in [7, 11) is 12.5. The van der Waals surface area contributed by atoms with Crippen molar-refractivity contribution in [3.8, 4) is 0 Å². The van der Waals surface area contributed by atoms with E-state index >= 15 is 0 Å². The third-order valence-electron chi connectivity index (χ3n) is 7.66. The first-order valence-electron chi connectivity index (χ1n) is 16.6. The Balaban J connectivity index is 0.000000374. The predicted molar refractivity (Wildman–Crippen MR) is 209 cm³/mol. The fourth-order valence-corrected chi connectivity index (χ4v) is 4.82. The average Bonchev–Trinajstić information content (AvgIpc) is 3.06. The highest BCUT2D eigenvalue weighted by Crippen LogP contribution is 2.28. The van der Waals surface area contributed by atoms with Gasteiger partial charge in [-0.05, 0) is 83.0 Å². The summed E-state index contributed by atoms with van der Waals surface area (Å²) in [4.78, 5) is 39.0. The standard InChI is InChI=1S/C16H26N2O.C14H22N2O.C9H11ClN2O/c1-7-8-18(6)15(19)12-9-13(16(2,3)4)11-14(10-12)17-5;1-14(2,3)11-7-10(13(17)16(5)6)8-12(9-11)15-4;1-11-8-4-6(9(13)12-2)3-7(10)5-8/h9-11,17H,7-8H2,1-6H3;7-9,15H,1-6H3;3-5,11H,1-2H3,(H,12,13). The number of nitrogens with one attached hydrogen (secondary N) is 4. The van der Waals surface area contributed by atoms with E-state index in [2.05, 4.69) is 81.9 Å². The van der Waals surface area contributed by atoms with E-state index in [0.717, 1.165) is 46.7 Å². The molecule has 0 unspecified atom stereocenters. The molecule has 0 bridgehead atoms. The third kappa shape index (κ3) is 13.7. The van der Waals surface area contributed by atoms with Gasteiger partial charge in [0.05, 0.1) is 0 Å². The molecule has 0 aliphatic rings. The minimum Gasteiger partial charge on any atom is -0.388 e. The summed E-state index contributed by atoms with van der Waals surface area (Å²) in [5.41, 5.74) is 7.23. The Bertz CT molecular complexity index is 1560. The molecule has 0 spiro atoms. The first kappa shape index (κ1) is 42.8. The highest BCUT2D eigenvalue weighted by molar-refractivity contribution is 6.31. The van der Waals surface area contributed by atoms with Crippen LogP contribution in [0.25, 0.3) is 0 Å². The largest absolute Gasteiger partial charge is 0.388 e. The van der Waals surface area contributed by atoms with Crippen molar-refractivity contribution in [3.63, 3.8) is 0 Å². The van der Waals surface area contributed by atoms with E-state index in [4.69, 9.17) is 11.6 Å². The minimum absolute atomic E-state index is 0.0330. The Morgan fingerprint density at radius 1 is 0.612 bits per heavy atom. The molecule has 270 valence electrons. The highest BCUT2D eigenvalue weighted by atomic mass is 35.5. The summed E-state index contributed by atoms with van der Waals surface area (Å²) in [5.74, 6) is -0.0175. The molecule has 0 aliphatic carbocycles. The van der Waals surface area contributed by atoms with Crippen LogP contribution in [0.4, 0.5) is 17.1 Å². The number of amides is 3. The Morgan fingerprint density at radius 2 is 1.02 bits per heavy atom. The molecule has 3 aromatic rings. The monoisotopic (exact) mass is 694 g/mol. The van der Waals surface area contributed by atoms with Gasteiger partial charge in [0.1, 0.15) is 0 Å². The van der Waals surface area contributed by atoms with Crippen LogP contribution in [0.15, 0.2) is 54.6 Å².